The maximum absolute atomic E-state index is 3.71. The van der Waals surface area contributed by atoms with Crippen molar-refractivity contribution in [2.24, 2.45) is 10.8 Å². The fraction of sp³-hybridized carbons (Fsp3) is 1.00. The molecule has 94 valence electrons. The molecule has 1 N–H and O–H groups in total. The van der Waals surface area contributed by atoms with Crippen molar-refractivity contribution in [1.82, 2.24) is 10.2 Å². The highest BCUT2D eigenvalue weighted by Crippen LogP contribution is 2.49. The van der Waals surface area contributed by atoms with Gasteiger partial charge in [0.1, 0.15) is 0 Å². The Hall–Kier alpha value is -0.0800. The van der Waals surface area contributed by atoms with E-state index >= 15 is 0 Å². The Morgan fingerprint density at radius 1 is 1.25 bits per heavy atom. The van der Waals surface area contributed by atoms with E-state index in [1.54, 1.807) is 0 Å². The summed E-state index contributed by atoms with van der Waals surface area (Å²) in [7, 11) is 0. The summed E-state index contributed by atoms with van der Waals surface area (Å²) in [6, 6.07) is 2.17. The minimum absolute atomic E-state index is 0.372. The van der Waals surface area contributed by atoms with Crippen molar-refractivity contribution < 1.29 is 0 Å². The smallest absolute Gasteiger partial charge is 0.0244 e. The monoisotopic (exact) mass is 224 g/mol. The summed E-state index contributed by atoms with van der Waals surface area (Å²) < 4.78 is 0. The lowest BCUT2D eigenvalue weighted by atomic mass is 9.84. The summed E-state index contributed by atoms with van der Waals surface area (Å²) >= 11 is 0. The summed E-state index contributed by atoms with van der Waals surface area (Å²) in [5.74, 6) is 0. The van der Waals surface area contributed by atoms with Gasteiger partial charge in [0.25, 0.3) is 0 Å². The van der Waals surface area contributed by atoms with Gasteiger partial charge in [-0.1, -0.05) is 34.6 Å². The van der Waals surface area contributed by atoms with Gasteiger partial charge in [0.15, 0.2) is 0 Å². The molecule has 2 heteroatoms. The molecule has 1 aliphatic carbocycles. The maximum Gasteiger partial charge on any atom is 0.0244 e. The normalized spacial score (nSPS) is 39.8. The summed E-state index contributed by atoms with van der Waals surface area (Å²) in [5, 5.41) is 3.71. The first-order valence-electron chi connectivity index (χ1n) is 6.71. The van der Waals surface area contributed by atoms with Gasteiger partial charge in [0.05, 0.1) is 0 Å². The molecule has 1 saturated carbocycles. The van der Waals surface area contributed by atoms with Crippen LogP contribution in [0.4, 0.5) is 0 Å². The van der Waals surface area contributed by atoms with Crippen LogP contribution in [-0.4, -0.2) is 36.1 Å². The summed E-state index contributed by atoms with van der Waals surface area (Å²) in [4.78, 5) is 2.74. The van der Waals surface area contributed by atoms with Gasteiger partial charge in [-0.25, -0.2) is 0 Å². The Morgan fingerprint density at radius 2 is 1.81 bits per heavy atom. The molecule has 2 rings (SSSR count). The molecule has 2 aliphatic rings. The zero-order valence-electron chi connectivity index (χ0n) is 11.8. The lowest BCUT2D eigenvalue weighted by Gasteiger charge is -2.44. The summed E-state index contributed by atoms with van der Waals surface area (Å²) in [6.07, 6.45) is 1.38. The Balaban J connectivity index is 2.02. The molecule has 1 saturated heterocycles. The Morgan fingerprint density at radius 3 is 2.25 bits per heavy atom. The zero-order valence-corrected chi connectivity index (χ0v) is 11.8. The largest absolute Gasteiger partial charge is 0.311 e. The van der Waals surface area contributed by atoms with Crippen molar-refractivity contribution in [3.8, 4) is 0 Å². The minimum atomic E-state index is 0.372. The fourth-order valence-corrected chi connectivity index (χ4v) is 2.91. The Labute approximate surface area is 101 Å². The van der Waals surface area contributed by atoms with Gasteiger partial charge >= 0.3 is 0 Å². The third-order valence-electron chi connectivity index (χ3n) is 4.53. The second-order valence-corrected chi connectivity index (χ2v) is 7.58. The highest BCUT2D eigenvalue weighted by Gasteiger charge is 2.52. The second-order valence-electron chi connectivity index (χ2n) is 7.58. The van der Waals surface area contributed by atoms with Crippen molar-refractivity contribution in [3.05, 3.63) is 0 Å². The average molecular weight is 224 g/mol. The molecule has 0 aromatic heterocycles. The SMILES string of the molecule is CC1CNC(C(C)(C)C)CN1C1CC1(C)C. The van der Waals surface area contributed by atoms with E-state index in [-0.39, 0.29) is 0 Å². The van der Waals surface area contributed by atoms with E-state index in [1.165, 1.54) is 13.0 Å². The van der Waals surface area contributed by atoms with Crippen LogP contribution in [0.3, 0.4) is 0 Å². The second kappa shape index (κ2) is 3.71. The molecule has 3 atom stereocenters. The zero-order chi connectivity index (χ0) is 12.1. The Kier molecular flexibility index (Phi) is 2.87. The van der Waals surface area contributed by atoms with Crippen LogP contribution in [-0.2, 0) is 0 Å². The van der Waals surface area contributed by atoms with Crippen LogP contribution in [0, 0.1) is 10.8 Å². The number of hydrogen-bond acceptors (Lipinski definition) is 2. The van der Waals surface area contributed by atoms with Gasteiger partial charge in [-0.05, 0) is 24.2 Å². The lowest BCUT2D eigenvalue weighted by molar-refractivity contribution is 0.0775. The highest BCUT2D eigenvalue weighted by atomic mass is 15.3. The first kappa shape index (κ1) is 12.4. The van der Waals surface area contributed by atoms with Crippen LogP contribution in [0.2, 0.25) is 0 Å². The first-order chi connectivity index (χ1) is 7.22. The van der Waals surface area contributed by atoms with Gasteiger partial charge in [-0.2, -0.15) is 0 Å². The summed E-state index contributed by atoms with van der Waals surface area (Å²) in [5.41, 5.74) is 0.936. The van der Waals surface area contributed by atoms with Crippen molar-refractivity contribution in [3.63, 3.8) is 0 Å². The van der Waals surface area contributed by atoms with Crippen LogP contribution in [0.5, 0.6) is 0 Å². The molecule has 0 radical (unpaired) electrons. The number of hydrogen-bond donors (Lipinski definition) is 1. The van der Waals surface area contributed by atoms with E-state index < -0.39 is 0 Å². The molecule has 0 bridgehead atoms. The molecule has 2 nitrogen and oxygen atoms in total. The number of rotatable bonds is 1. The fourth-order valence-electron chi connectivity index (χ4n) is 2.91. The van der Waals surface area contributed by atoms with E-state index in [4.69, 9.17) is 0 Å². The quantitative estimate of drug-likeness (QED) is 0.736. The third-order valence-corrected chi connectivity index (χ3v) is 4.53. The number of nitrogens with zero attached hydrogens (tertiary/aromatic N) is 1. The molecular weight excluding hydrogens is 196 g/mol. The van der Waals surface area contributed by atoms with E-state index in [0.717, 1.165) is 12.6 Å². The van der Waals surface area contributed by atoms with Gasteiger partial charge in [-0.15, -0.1) is 0 Å². The number of nitrogens with one attached hydrogen (secondary N) is 1. The van der Waals surface area contributed by atoms with E-state index in [1.807, 2.05) is 0 Å². The van der Waals surface area contributed by atoms with E-state index in [0.29, 0.717) is 22.9 Å². The van der Waals surface area contributed by atoms with Gasteiger partial charge in [-0.3, -0.25) is 4.90 Å². The standard InChI is InChI=1S/C14H28N2/c1-10-8-15-11(13(2,3)4)9-16(10)12-7-14(12,5)6/h10-12,15H,7-9H2,1-6H3. The molecule has 0 aromatic rings. The molecular formula is C14H28N2. The minimum Gasteiger partial charge on any atom is -0.311 e. The topological polar surface area (TPSA) is 15.3 Å². The molecule has 2 fully saturated rings. The van der Waals surface area contributed by atoms with Crippen molar-refractivity contribution in [2.75, 3.05) is 13.1 Å². The van der Waals surface area contributed by atoms with Crippen molar-refractivity contribution in [2.45, 2.75) is 66.1 Å². The predicted molar refractivity (Wildman–Crippen MR) is 69.6 cm³/mol. The molecule has 0 spiro atoms. The van der Waals surface area contributed by atoms with E-state index in [9.17, 15) is 0 Å². The molecule has 16 heavy (non-hydrogen) atoms. The molecule has 1 aliphatic heterocycles. The molecule has 1 heterocycles. The number of piperazine rings is 1. The van der Waals surface area contributed by atoms with Crippen LogP contribution in [0.1, 0.15) is 48.0 Å². The lowest BCUT2D eigenvalue weighted by Crippen LogP contribution is -2.60. The third kappa shape index (κ3) is 2.28. The van der Waals surface area contributed by atoms with Crippen LogP contribution < -0.4 is 5.32 Å². The van der Waals surface area contributed by atoms with E-state index in [2.05, 4.69) is 51.8 Å². The molecule has 3 unspecified atom stereocenters. The maximum atomic E-state index is 3.71. The van der Waals surface area contributed by atoms with Crippen molar-refractivity contribution >= 4 is 0 Å². The highest BCUT2D eigenvalue weighted by molar-refractivity contribution is 5.06. The van der Waals surface area contributed by atoms with Gasteiger partial charge in [0.2, 0.25) is 0 Å². The first-order valence-corrected chi connectivity index (χ1v) is 6.71. The van der Waals surface area contributed by atoms with Gasteiger partial charge in [0, 0.05) is 31.2 Å². The molecule has 0 amide bonds. The average Bonchev–Trinajstić information content (AvgIpc) is 2.73. The van der Waals surface area contributed by atoms with Gasteiger partial charge < -0.3 is 5.32 Å². The van der Waals surface area contributed by atoms with Crippen LogP contribution in [0.15, 0.2) is 0 Å². The van der Waals surface area contributed by atoms with Crippen LogP contribution >= 0.6 is 0 Å². The van der Waals surface area contributed by atoms with Crippen molar-refractivity contribution in [1.29, 1.82) is 0 Å². The molecule has 0 aromatic carbocycles. The Bertz CT molecular complexity index is 264. The summed E-state index contributed by atoms with van der Waals surface area (Å²) in [6.45, 7) is 16.6. The van der Waals surface area contributed by atoms with Crippen LogP contribution in [0.25, 0.3) is 0 Å². The predicted octanol–water partition coefficient (Wildman–Crippen LogP) is 2.49.